The number of rotatable bonds is 1. The van der Waals surface area contributed by atoms with Gasteiger partial charge in [-0.05, 0) is 0 Å². The average Bonchev–Trinajstić information content (AvgIpc) is 2.08. The predicted octanol–water partition coefficient (Wildman–Crippen LogP) is -3.01. The highest BCUT2D eigenvalue weighted by molar-refractivity contribution is 5.88. The molecule has 0 aromatic carbocycles. The molecule has 0 aliphatic carbocycles. The third-order valence-electron chi connectivity index (χ3n) is 1.70. The number of hydrogen-bond acceptors (Lipinski definition) is 6. The summed E-state index contributed by atoms with van der Waals surface area (Å²) in [5, 5.41) is 35.3. The first kappa shape index (κ1) is 9.56. The van der Waals surface area contributed by atoms with Gasteiger partial charge in [0.15, 0.2) is 18.2 Å². The summed E-state index contributed by atoms with van der Waals surface area (Å²) in [6, 6.07) is 0. The molecule has 1 saturated heterocycles. The largest absolute Gasteiger partial charge is 0.394 e. The molecular weight excluding hydrogens is 168 g/mol. The molecule has 6 nitrogen and oxygen atoms in total. The molecule has 0 bridgehead atoms. The Morgan fingerprint density at radius 1 is 1.25 bits per heavy atom. The van der Waals surface area contributed by atoms with E-state index < -0.39 is 37.0 Å². The SMILES string of the molecule is O=C1[C@@H](O)C(O)O[C@H](CO)[C@H]1O. The van der Waals surface area contributed by atoms with Crippen molar-refractivity contribution in [3.05, 3.63) is 0 Å². The maximum absolute atomic E-state index is 10.9. The molecule has 1 heterocycles. The highest BCUT2D eigenvalue weighted by Gasteiger charge is 2.42. The highest BCUT2D eigenvalue weighted by atomic mass is 16.6. The van der Waals surface area contributed by atoms with Crippen LogP contribution in [0.15, 0.2) is 0 Å². The summed E-state index contributed by atoms with van der Waals surface area (Å²) in [7, 11) is 0. The first-order valence-corrected chi connectivity index (χ1v) is 3.42. The monoisotopic (exact) mass is 178 g/mol. The molecule has 70 valence electrons. The van der Waals surface area contributed by atoms with E-state index in [1.807, 2.05) is 0 Å². The summed E-state index contributed by atoms with van der Waals surface area (Å²) in [5.74, 6) is -0.937. The lowest BCUT2D eigenvalue weighted by Gasteiger charge is -2.32. The van der Waals surface area contributed by atoms with Crippen LogP contribution in [0.1, 0.15) is 0 Å². The first-order chi connectivity index (χ1) is 5.57. The Morgan fingerprint density at radius 2 is 1.83 bits per heavy atom. The van der Waals surface area contributed by atoms with Gasteiger partial charge < -0.3 is 25.2 Å². The molecule has 6 heteroatoms. The Balaban J connectivity index is 2.70. The predicted molar refractivity (Wildman–Crippen MR) is 35.0 cm³/mol. The van der Waals surface area contributed by atoms with Crippen LogP contribution < -0.4 is 0 Å². The van der Waals surface area contributed by atoms with Gasteiger partial charge in [0, 0.05) is 0 Å². The van der Waals surface area contributed by atoms with Crippen LogP contribution in [-0.2, 0) is 9.53 Å². The Kier molecular flexibility index (Phi) is 2.76. The molecule has 4 atom stereocenters. The van der Waals surface area contributed by atoms with Crippen molar-refractivity contribution in [2.24, 2.45) is 0 Å². The van der Waals surface area contributed by atoms with Crippen molar-refractivity contribution in [1.29, 1.82) is 0 Å². The minimum atomic E-state index is -1.73. The van der Waals surface area contributed by atoms with Gasteiger partial charge in [-0.15, -0.1) is 0 Å². The first-order valence-electron chi connectivity index (χ1n) is 3.42. The van der Waals surface area contributed by atoms with Crippen LogP contribution in [0, 0.1) is 0 Å². The fourth-order valence-electron chi connectivity index (χ4n) is 0.969. The highest BCUT2D eigenvalue weighted by Crippen LogP contribution is 2.15. The van der Waals surface area contributed by atoms with Crippen molar-refractivity contribution < 1.29 is 30.0 Å². The van der Waals surface area contributed by atoms with Gasteiger partial charge in [-0.1, -0.05) is 0 Å². The summed E-state index contributed by atoms with van der Waals surface area (Å²) >= 11 is 0. The molecule has 0 spiro atoms. The molecule has 1 aliphatic rings. The summed E-state index contributed by atoms with van der Waals surface area (Å²) in [6.45, 7) is -0.587. The number of Topliss-reactive ketones (excluding diaryl/α,β-unsaturated/α-hetero) is 1. The van der Waals surface area contributed by atoms with Gasteiger partial charge in [-0.3, -0.25) is 4.79 Å². The zero-order valence-corrected chi connectivity index (χ0v) is 6.12. The normalized spacial score (nSPS) is 43.2. The molecule has 0 aromatic heterocycles. The molecule has 1 aliphatic heterocycles. The number of aliphatic hydroxyl groups excluding tert-OH is 4. The lowest BCUT2D eigenvalue weighted by Crippen LogP contribution is -2.55. The van der Waals surface area contributed by atoms with Crippen molar-refractivity contribution in [2.75, 3.05) is 6.61 Å². The minimum absolute atomic E-state index is 0.587. The number of aliphatic hydroxyl groups is 4. The van der Waals surface area contributed by atoms with Crippen molar-refractivity contribution >= 4 is 5.78 Å². The second kappa shape index (κ2) is 3.46. The molecular formula is C6H10O6. The van der Waals surface area contributed by atoms with E-state index in [-0.39, 0.29) is 0 Å². The van der Waals surface area contributed by atoms with E-state index in [4.69, 9.17) is 20.4 Å². The van der Waals surface area contributed by atoms with Crippen LogP contribution >= 0.6 is 0 Å². The van der Waals surface area contributed by atoms with Crippen molar-refractivity contribution in [2.45, 2.75) is 24.6 Å². The lowest BCUT2D eigenvalue weighted by molar-refractivity contribution is -0.238. The van der Waals surface area contributed by atoms with Gasteiger partial charge in [0.2, 0.25) is 0 Å². The molecule has 12 heavy (non-hydrogen) atoms. The molecule has 0 aromatic rings. The summed E-state index contributed by atoms with van der Waals surface area (Å²) in [5.41, 5.74) is 0. The molecule has 0 radical (unpaired) electrons. The molecule has 0 amide bonds. The van der Waals surface area contributed by atoms with Gasteiger partial charge in [0.25, 0.3) is 0 Å². The topological polar surface area (TPSA) is 107 Å². The number of hydrogen-bond donors (Lipinski definition) is 4. The Hall–Kier alpha value is -0.530. The molecule has 4 N–H and O–H groups in total. The quantitative estimate of drug-likeness (QED) is 0.340. The van der Waals surface area contributed by atoms with E-state index in [1.54, 1.807) is 0 Å². The molecule has 1 rings (SSSR count). The third-order valence-corrected chi connectivity index (χ3v) is 1.70. The van der Waals surface area contributed by atoms with Crippen molar-refractivity contribution in [3.8, 4) is 0 Å². The second-order valence-corrected chi connectivity index (χ2v) is 2.54. The Labute approximate surface area is 68.0 Å². The van der Waals surface area contributed by atoms with Crippen molar-refractivity contribution in [1.82, 2.24) is 0 Å². The van der Waals surface area contributed by atoms with Crippen LogP contribution in [0.25, 0.3) is 0 Å². The average molecular weight is 178 g/mol. The minimum Gasteiger partial charge on any atom is -0.394 e. The van der Waals surface area contributed by atoms with Gasteiger partial charge in [-0.25, -0.2) is 0 Å². The van der Waals surface area contributed by atoms with E-state index >= 15 is 0 Å². The maximum atomic E-state index is 10.9. The van der Waals surface area contributed by atoms with Crippen LogP contribution in [0.5, 0.6) is 0 Å². The Morgan fingerprint density at radius 3 is 2.33 bits per heavy atom. The smallest absolute Gasteiger partial charge is 0.197 e. The van der Waals surface area contributed by atoms with E-state index in [0.29, 0.717) is 0 Å². The summed E-state index contributed by atoms with van der Waals surface area (Å²) in [4.78, 5) is 10.9. The number of carbonyl (C=O) groups excluding carboxylic acids is 1. The lowest BCUT2D eigenvalue weighted by atomic mass is 10.0. The Bertz CT molecular complexity index is 181. The van der Waals surface area contributed by atoms with Crippen LogP contribution in [0.4, 0.5) is 0 Å². The standard InChI is InChI=1S/C6H10O6/c7-1-2-3(8)4(9)5(10)6(11)12-2/h2-3,5-8,10-11H,1H2/t2-,3-,5-,6?/m1/s1. The van der Waals surface area contributed by atoms with Crippen LogP contribution in [-0.4, -0.2) is 57.4 Å². The van der Waals surface area contributed by atoms with E-state index in [2.05, 4.69) is 4.74 Å². The van der Waals surface area contributed by atoms with Gasteiger partial charge in [0.1, 0.15) is 12.2 Å². The van der Waals surface area contributed by atoms with Crippen LogP contribution in [0.3, 0.4) is 0 Å². The molecule has 1 fully saturated rings. The fraction of sp³-hybridized carbons (Fsp3) is 0.833. The van der Waals surface area contributed by atoms with Gasteiger partial charge in [0.05, 0.1) is 6.61 Å². The van der Waals surface area contributed by atoms with Crippen molar-refractivity contribution in [3.63, 3.8) is 0 Å². The fourth-order valence-corrected chi connectivity index (χ4v) is 0.969. The zero-order valence-electron chi connectivity index (χ0n) is 6.12. The number of ether oxygens (including phenoxy) is 1. The molecule has 0 saturated carbocycles. The zero-order chi connectivity index (χ0) is 9.30. The van der Waals surface area contributed by atoms with Gasteiger partial charge in [-0.2, -0.15) is 0 Å². The van der Waals surface area contributed by atoms with Crippen LogP contribution in [0.2, 0.25) is 0 Å². The summed E-state index contributed by atoms with van der Waals surface area (Å²) in [6.07, 6.45) is -6.13. The van der Waals surface area contributed by atoms with E-state index in [0.717, 1.165) is 0 Å². The molecule has 1 unspecified atom stereocenters. The number of carbonyl (C=O) groups is 1. The maximum Gasteiger partial charge on any atom is 0.197 e. The summed E-state index contributed by atoms with van der Waals surface area (Å²) < 4.78 is 4.52. The number of ketones is 1. The second-order valence-electron chi connectivity index (χ2n) is 2.54. The third kappa shape index (κ3) is 1.47. The van der Waals surface area contributed by atoms with E-state index in [1.165, 1.54) is 0 Å². The van der Waals surface area contributed by atoms with E-state index in [9.17, 15) is 4.79 Å². The van der Waals surface area contributed by atoms with Gasteiger partial charge >= 0.3 is 0 Å².